The molecule has 0 fully saturated rings. The zero-order valence-electron chi connectivity index (χ0n) is 39.2. The fraction of sp³-hybridized carbons (Fsp3) is 0.480. The zero-order chi connectivity index (χ0) is 46.5. The van der Waals surface area contributed by atoms with Crippen molar-refractivity contribution in [3.8, 4) is 0 Å². The summed E-state index contributed by atoms with van der Waals surface area (Å²) in [5.74, 6) is -0.799. The molecule has 4 aromatic rings. The number of carbonyl (C=O) groups is 4. The zero-order valence-corrected chi connectivity index (χ0v) is 41.6. The van der Waals surface area contributed by atoms with Gasteiger partial charge in [0.25, 0.3) is 11.5 Å². The van der Waals surface area contributed by atoms with Crippen molar-refractivity contribution in [3.05, 3.63) is 129 Å². The molecule has 0 aliphatic rings. The second kappa shape index (κ2) is 23.6. The molecule has 0 bridgehead atoms. The molecule has 0 saturated heterocycles. The maximum absolute atomic E-state index is 14.7. The van der Waals surface area contributed by atoms with Crippen molar-refractivity contribution in [1.29, 1.82) is 0 Å². The molecular formula is C50H69FmN8O5-. The Hall–Kier alpha value is -6.82. The van der Waals surface area contributed by atoms with Crippen molar-refractivity contribution in [2.45, 2.75) is 125 Å². The van der Waals surface area contributed by atoms with Gasteiger partial charge in [-0.15, -0.1) is 0 Å². The van der Waals surface area contributed by atoms with E-state index in [1.807, 2.05) is 116 Å². The van der Waals surface area contributed by atoms with Crippen molar-refractivity contribution in [1.82, 2.24) is 35.7 Å². The van der Waals surface area contributed by atoms with Crippen LogP contribution in [-0.2, 0) is 20.9 Å². The molecule has 0 aliphatic carbocycles. The second-order valence-corrected chi connectivity index (χ2v) is 18.1. The maximum Gasteiger partial charge on any atom is 0.261 e. The normalized spacial score (nSPS) is 13.7. The first kappa shape index (κ1) is 51.5. The van der Waals surface area contributed by atoms with Gasteiger partial charge in [0.05, 0.1) is 29.5 Å². The van der Waals surface area contributed by atoms with Crippen LogP contribution in [0.25, 0.3) is 16.6 Å². The molecule has 5 atom stereocenters. The first-order chi connectivity index (χ1) is 29.8. The molecule has 64 heavy (non-hydrogen) atoms. The first-order valence-electron chi connectivity index (χ1n) is 22.2. The van der Waals surface area contributed by atoms with E-state index in [0.717, 1.165) is 16.7 Å². The van der Waals surface area contributed by atoms with E-state index in [-0.39, 0.29) is 54.8 Å². The molecule has 0 saturated carbocycles. The Kier molecular flexibility index (Phi) is 19.0. The van der Waals surface area contributed by atoms with Crippen LogP contribution in [0.2, 0.25) is 0 Å². The summed E-state index contributed by atoms with van der Waals surface area (Å²) in [6.45, 7) is 23.9. The van der Waals surface area contributed by atoms with Gasteiger partial charge in [0.15, 0.2) is 0 Å². The number of benzene rings is 3. The first-order valence-corrected chi connectivity index (χ1v) is 22.2. The molecule has 13 nitrogen and oxygen atoms in total. The van der Waals surface area contributed by atoms with Gasteiger partial charge < -0.3 is 31.9 Å². The smallest absolute Gasteiger partial charge is 0.261 e. The van der Waals surface area contributed by atoms with E-state index in [2.05, 4.69) is 27.8 Å². The molecule has 0 aliphatic heterocycles. The topological polar surface area (TPSA) is 178 Å². The Morgan fingerprint density at radius 2 is 1.36 bits per heavy atom. The van der Waals surface area contributed by atoms with Crippen LogP contribution >= 0.6 is 0 Å². The largest absolute Gasteiger partial charge is 0.667 e. The van der Waals surface area contributed by atoms with Gasteiger partial charge in [-0.05, 0) is 93.2 Å². The van der Waals surface area contributed by atoms with Crippen LogP contribution in [0.5, 0.6) is 0 Å². The summed E-state index contributed by atoms with van der Waals surface area (Å²) in [6.07, 6.45) is 1.33. The molecule has 14 heteroatoms. The summed E-state index contributed by atoms with van der Waals surface area (Å²) >= 11 is 0. The number of fused-ring (bicyclic) bond motifs is 1. The Morgan fingerprint density at radius 3 is 1.95 bits per heavy atom. The van der Waals surface area contributed by atoms with E-state index in [9.17, 15) is 24.0 Å². The van der Waals surface area contributed by atoms with Crippen LogP contribution in [0.3, 0.4) is 0 Å². The third-order valence-electron chi connectivity index (χ3n) is 11.0. The second-order valence-electron chi connectivity index (χ2n) is 18.1. The summed E-state index contributed by atoms with van der Waals surface area (Å²) in [7, 11) is 0. The number of hydrogen-bond acceptors (Lipinski definition) is 7. The van der Waals surface area contributed by atoms with Gasteiger partial charge in [-0.3, -0.25) is 28.5 Å². The minimum atomic E-state index is -0.952. The van der Waals surface area contributed by atoms with Crippen molar-refractivity contribution in [2.24, 2.45) is 17.8 Å². The number of carbonyl (C=O) groups excluding carboxylic acids is 4. The fourth-order valence-electron chi connectivity index (χ4n) is 7.60. The number of aryl methyl sites for hydroxylation is 2. The number of nitrogens with zero attached hydrogens (tertiary/aromatic N) is 3. The summed E-state index contributed by atoms with van der Waals surface area (Å²) < 4.78 is 1.69. The van der Waals surface area contributed by atoms with E-state index in [1.54, 1.807) is 28.5 Å². The van der Waals surface area contributed by atoms with Gasteiger partial charge in [0, 0.05) is 24.4 Å². The van der Waals surface area contributed by atoms with Crippen LogP contribution in [0, 0.1) is 31.6 Å². The molecular weight excluding hydrogens is 1050 g/mol. The van der Waals surface area contributed by atoms with Gasteiger partial charge in [0.2, 0.25) is 17.7 Å². The van der Waals surface area contributed by atoms with E-state index in [0.29, 0.717) is 47.3 Å². The van der Waals surface area contributed by atoms with Gasteiger partial charge >= 0.3 is 0 Å². The average molecular weight is 1120 g/mol. The van der Waals surface area contributed by atoms with Gasteiger partial charge in [0.1, 0.15) is 17.9 Å². The molecule has 4 rings (SSSR count). The Morgan fingerprint density at radius 1 is 0.766 bits per heavy atom. The Labute approximate surface area is 373 Å². The van der Waals surface area contributed by atoms with Gasteiger partial charge in [-0.1, -0.05) is 115 Å². The fourth-order valence-corrected chi connectivity index (χ4v) is 7.60. The van der Waals surface area contributed by atoms with Gasteiger partial charge in [-0.2, -0.15) is 0 Å². The predicted molar refractivity (Wildman–Crippen MR) is 252 cm³/mol. The van der Waals surface area contributed by atoms with Crippen LogP contribution in [0.1, 0.15) is 114 Å². The van der Waals surface area contributed by atoms with E-state index < -0.39 is 42.0 Å². The minimum absolute atomic E-state index is 0. The summed E-state index contributed by atoms with van der Waals surface area (Å²) in [6, 6.07) is 19.1. The van der Waals surface area contributed by atoms with Crippen LogP contribution < -0.4 is 26.8 Å². The maximum atomic E-state index is 14.7. The predicted octanol–water partition coefficient (Wildman–Crippen LogP) is 7.40. The minimum Gasteiger partial charge on any atom is -0.667 e. The van der Waals surface area contributed by atoms with Crippen molar-refractivity contribution >= 4 is 34.5 Å². The summed E-state index contributed by atoms with van der Waals surface area (Å²) in [5.41, 5.74) is 12.0. The molecule has 4 amide bonds. The van der Waals surface area contributed by atoms with Crippen LogP contribution in [-0.4, -0.2) is 75.3 Å². The van der Waals surface area contributed by atoms with Crippen LogP contribution in [0.15, 0.2) is 89.9 Å². The third kappa shape index (κ3) is 14.1. The average Bonchev–Trinajstić information content (AvgIpc) is 3.22. The number of nitrogens with one attached hydrogen (secondary N) is 5. The molecule has 5 unspecified atom stereocenters. The molecule has 352 valence electrons. The molecule has 1 aromatic heterocycles. The summed E-state index contributed by atoms with van der Waals surface area (Å²) in [5, 5.41) is 12.4. The molecule has 5 N–H and O–H groups in total. The molecule has 1 heterocycles. The van der Waals surface area contributed by atoms with Crippen molar-refractivity contribution < 1.29 is 19.2 Å². The Bertz CT molecular complexity index is 2260. The molecule has 0 radical (unpaired) electrons. The Balaban J connectivity index is 0.0000109. The van der Waals surface area contributed by atoms with Crippen molar-refractivity contribution in [3.63, 3.8) is 0 Å². The molecule has 3 aromatic carbocycles. The summed E-state index contributed by atoms with van der Waals surface area (Å²) in [4.78, 5) is 75.7. The van der Waals surface area contributed by atoms with E-state index in [4.69, 9.17) is 10.7 Å². The number of rotatable bonds is 22. The molecule has 0 spiro atoms. The van der Waals surface area contributed by atoms with E-state index in [1.165, 1.54) is 6.92 Å². The SMILES string of the molecule is C=C(NC(C)C(=O)NC(CC(C)C)C(=O)NCCCN(C(=O)c1ccc(C)cc1)C(c1nc2cc(C)ccc2c(=O)n1Cc1ccccc1)C(C)C)C(CC(C)C)NC(=O)C(C)[NH-].[Fm]. The number of amides is 4. The number of aromatic nitrogens is 2. The third-order valence-corrected chi connectivity index (χ3v) is 11.0. The van der Waals surface area contributed by atoms with Gasteiger partial charge in [-0.25, -0.2) is 4.98 Å². The quantitative estimate of drug-likeness (QED) is 0.0593. The standard InChI is InChI=1S/C50H69N8O5.Fm/c1-30(2)26-41(55-46(59)35(9)51)36(10)53-37(11)47(60)56-43(27-31(3)4)48(61)52-24-15-25-57(49(62)39-21-18-33(7)19-22-39)44(32(5)6)45-54-42-28-34(8)20-23-40(42)50(63)58(45)29-38-16-13-12-14-17-38;/h12-14,16-23,28,30-32,35,37,41,43-44,51,53H,10,15,24-27,29H2,1-9,11H3,(H,52,61)(H,55,59)(H,56,60);/q-1;. The number of hydrogen-bond donors (Lipinski definition) is 4. The monoisotopic (exact) mass is 1120 g/mol. The van der Waals surface area contributed by atoms with Crippen LogP contribution in [0.4, 0.5) is 0 Å². The van der Waals surface area contributed by atoms with E-state index >= 15 is 0 Å². The van der Waals surface area contributed by atoms with Crippen molar-refractivity contribution in [2.75, 3.05) is 13.1 Å².